The second kappa shape index (κ2) is 5.07. The minimum atomic E-state index is 0.0492. The van der Waals surface area contributed by atoms with Crippen LogP contribution in [0.1, 0.15) is 5.76 Å². The van der Waals surface area contributed by atoms with Crippen molar-refractivity contribution in [2.45, 2.75) is 6.61 Å². The first-order chi connectivity index (χ1) is 9.31. The first-order valence-electron chi connectivity index (χ1n) is 5.36. The molecular weight excluding hydrogens is 270 g/mol. The van der Waals surface area contributed by atoms with E-state index in [0.29, 0.717) is 11.7 Å². The van der Waals surface area contributed by atoms with E-state index in [1.54, 1.807) is 41.7 Å². The Morgan fingerprint density at radius 1 is 1.32 bits per heavy atom. The van der Waals surface area contributed by atoms with E-state index >= 15 is 0 Å². The predicted molar refractivity (Wildman–Crippen MR) is 65.0 cm³/mol. The van der Waals surface area contributed by atoms with Crippen LogP contribution in [0, 0.1) is 0 Å². The highest BCUT2D eigenvalue weighted by molar-refractivity contribution is 6.28. The number of hydrogen-bond acceptors (Lipinski definition) is 6. The predicted octanol–water partition coefficient (Wildman–Crippen LogP) is 1.88. The molecule has 3 aromatic rings. The second-order valence-electron chi connectivity index (χ2n) is 3.53. The van der Waals surface area contributed by atoms with E-state index in [-0.39, 0.29) is 17.9 Å². The van der Waals surface area contributed by atoms with E-state index in [0.717, 1.165) is 0 Å². The summed E-state index contributed by atoms with van der Waals surface area (Å²) in [6.45, 7) is 0.219. The van der Waals surface area contributed by atoms with E-state index in [4.69, 9.17) is 20.8 Å². The molecule has 0 aliphatic rings. The molecule has 0 saturated carbocycles. The largest absolute Gasteiger partial charge is 0.466 e. The van der Waals surface area contributed by atoms with Crippen LogP contribution in [0.3, 0.4) is 0 Å². The summed E-state index contributed by atoms with van der Waals surface area (Å²) in [6, 6.07) is 3.69. The van der Waals surface area contributed by atoms with Gasteiger partial charge in [-0.25, -0.2) is 4.98 Å². The van der Waals surface area contributed by atoms with Crippen molar-refractivity contribution < 1.29 is 9.15 Å². The standard InChI is InChI=1S/C11H8ClN5O2/c12-9-14-10(17-4-3-13-7-17)16-11(15-9)19-6-8-2-1-5-18-8/h1-5,7H,6H2. The topological polar surface area (TPSA) is 78.9 Å². The number of furan rings is 1. The average Bonchev–Trinajstić information content (AvgIpc) is 3.09. The molecule has 0 radical (unpaired) electrons. The first-order valence-corrected chi connectivity index (χ1v) is 5.74. The molecule has 0 aromatic carbocycles. The Hall–Kier alpha value is -2.41. The third-order valence-corrected chi connectivity index (χ3v) is 2.40. The highest BCUT2D eigenvalue weighted by Crippen LogP contribution is 2.12. The molecule has 3 heterocycles. The number of halogens is 1. The van der Waals surface area contributed by atoms with Crippen molar-refractivity contribution in [3.05, 3.63) is 48.2 Å². The molecule has 3 rings (SSSR count). The smallest absolute Gasteiger partial charge is 0.323 e. The van der Waals surface area contributed by atoms with Gasteiger partial charge in [-0.2, -0.15) is 15.0 Å². The molecule has 0 spiro atoms. The molecular formula is C11H8ClN5O2. The Morgan fingerprint density at radius 3 is 3.00 bits per heavy atom. The molecule has 0 aliphatic carbocycles. The lowest BCUT2D eigenvalue weighted by Gasteiger charge is -2.05. The zero-order valence-electron chi connectivity index (χ0n) is 9.60. The lowest BCUT2D eigenvalue weighted by molar-refractivity contribution is 0.249. The third kappa shape index (κ3) is 2.71. The average molecular weight is 278 g/mol. The van der Waals surface area contributed by atoms with Gasteiger partial charge in [0, 0.05) is 12.4 Å². The molecule has 0 fully saturated rings. The third-order valence-electron chi connectivity index (χ3n) is 2.23. The number of nitrogens with zero attached hydrogens (tertiary/aromatic N) is 5. The first kappa shape index (κ1) is 11.7. The van der Waals surface area contributed by atoms with Gasteiger partial charge in [-0.1, -0.05) is 0 Å². The van der Waals surface area contributed by atoms with Crippen molar-refractivity contribution in [2.75, 3.05) is 0 Å². The van der Waals surface area contributed by atoms with Crippen molar-refractivity contribution in [3.63, 3.8) is 0 Å². The van der Waals surface area contributed by atoms with Gasteiger partial charge in [0.05, 0.1) is 6.26 Å². The van der Waals surface area contributed by atoms with E-state index in [1.165, 1.54) is 0 Å². The van der Waals surface area contributed by atoms with Crippen molar-refractivity contribution in [1.82, 2.24) is 24.5 Å². The van der Waals surface area contributed by atoms with Gasteiger partial charge in [0.1, 0.15) is 18.7 Å². The van der Waals surface area contributed by atoms with Gasteiger partial charge in [-0.05, 0) is 23.7 Å². The fraction of sp³-hybridized carbons (Fsp3) is 0.0909. The maximum absolute atomic E-state index is 5.83. The summed E-state index contributed by atoms with van der Waals surface area (Å²) in [5, 5.41) is 0.0492. The SMILES string of the molecule is Clc1nc(OCc2ccco2)nc(-n2ccnc2)n1. The van der Waals surface area contributed by atoms with E-state index in [1.807, 2.05) is 0 Å². The van der Waals surface area contributed by atoms with Crippen LogP contribution < -0.4 is 4.74 Å². The molecule has 0 atom stereocenters. The molecule has 19 heavy (non-hydrogen) atoms. The molecule has 0 amide bonds. The fourth-order valence-electron chi connectivity index (χ4n) is 1.41. The summed E-state index contributed by atoms with van der Waals surface area (Å²) < 4.78 is 12.1. The van der Waals surface area contributed by atoms with Crippen LogP contribution in [0.25, 0.3) is 5.95 Å². The molecule has 96 valence electrons. The Kier molecular flexibility index (Phi) is 3.11. The van der Waals surface area contributed by atoms with Gasteiger partial charge in [0.25, 0.3) is 0 Å². The summed E-state index contributed by atoms with van der Waals surface area (Å²) >= 11 is 5.83. The summed E-state index contributed by atoms with van der Waals surface area (Å²) in [5.41, 5.74) is 0. The Morgan fingerprint density at radius 2 is 2.26 bits per heavy atom. The lowest BCUT2D eigenvalue weighted by Crippen LogP contribution is -2.05. The quantitative estimate of drug-likeness (QED) is 0.724. The van der Waals surface area contributed by atoms with Crippen LogP contribution in [0.4, 0.5) is 0 Å². The number of imidazole rings is 1. The van der Waals surface area contributed by atoms with Crippen molar-refractivity contribution in [3.8, 4) is 12.0 Å². The van der Waals surface area contributed by atoms with Crippen LogP contribution in [-0.4, -0.2) is 24.5 Å². The van der Waals surface area contributed by atoms with Crippen molar-refractivity contribution >= 4 is 11.6 Å². The van der Waals surface area contributed by atoms with Gasteiger partial charge < -0.3 is 9.15 Å². The normalized spacial score (nSPS) is 10.6. The zero-order valence-corrected chi connectivity index (χ0v) is 10.4. The number of aromatic nitrogens is 5. The Balaban J connectivity index is 1.82. The van der Waals surface area contributed by atoms with Crippen LogP contribution in [0.15, 0.2) is 41.5 Å². The highest BCUT2D eigenvalue weighted by Gasteiger charge is 2.08. The molecule has 8 heteroatoms. The summed E-state index contributed by atoms with van der Waals surface area (Å²) in [5.74, 6) is 1.01. The summed E-state index contributed by atoms with van der Waals surface area (Å²) in [6.07, 6.45) is 6.43. The van der Waals surface area contributed by atoms with Crippen LogP contribution in [-0.2, 0) is 6.61 Å². The van der Waals surface area contributed by atoms with Gasteiger partial charge >= 0.3 is 6.01 Å². The van der Waals surface area contributed by atoms with E-state index in [9.17, 15) is 0 Å². The van der Waals surface area contributed by atoms with Gasteiger partial charge in [0.2, 0.25) is 11.2 Å². The van der Waals surface area contributed by atoms with Crippen LogP contribution >= 0.6 is 11.6 Å². The van der Waals surface area contributed by atoms with Gasteiger partial charge in [0.15, 0.2) is 0 Å². The lowest BCUT2D eigenvalue weighted by atomic mass is 10.5. The van der Waals surface area contributed by atoms with Crippen LogP contribution in [0.2, 0.25) is 5.28 Å². The summed E-state index contributed by atoms with van der Waals surface area (Å²) in [7, 11) is 0. The van der Waals surface area contributed by atoms with Crippen LogP contribution in [0.5, 0.6) is 6.01 Å². The molecule has 0 aliphatic heterocycles. The van der Waals surface area contributed by atoms with Crippen molar-refractivity contribution in [1.29, 1.82) is 0 Å². The Labute approximate surface area is 112 Å². The molecule has 0 bridgehead atoms. The second-order valence-corrected chi connectivity index (χ2v) is 3.86. The number of rotatable bonds is 4. The minimum absolute atomic E-state index is 0.0492. The Bertz CT molecular complexity index is 654. The molecule has 0 unspecified atom stereocenters. The van der Waals surface area contributed by atoms with E-state index < -0.39 is 0 Å². The maximum Gasteiger partial charge on any atom is 0.323 e. The van der Waals surface area contributed by atoms with Crippen molar-refractivity contribution in [2.24, 2.45) is 0 Å². The van der Waals surface area contributed by atoms with Gasteiger partial charge in [-0.15, -0.1) is 0 Å². The summed E-state index contributed by atoms with van der Waals surface area (Å²) in [4.78, 5) is 15.9. The monoisotopic (exact) mass is 277 g/mol. The molecule has 0 saturated heterocycles. The minimum Gasteiger partial charge on any atom is -0.466 e. The number of hydrogen-bond donors (Lipinski definition) is 0. The fourth-order valence-corrected chi connectivity index (χ4v) is 1.56. The molecule has 0 N–H and O–H groups in total. The van der Waals surface area contributed by atoms with Gasteiger partial charge in [-0.3, -0.25) is 4.57 Å². The van der Waals surface area contributed by atoms with E-state index in [2.05, 4.69) is 19.9 Å². The maximum atomic E-state index is 5.83. The highest BCUT2D eigenvalue weighted by atomic mass is 35.5. The zero-order chi connectivity index (χ0) is 13.1. The number of ether oxygens (including phenoxy) is 1. The molecule has 3 aromatic heterocycles. The molecule has 7 nitrogen and oxygen atoms in total.